The highest BCUT2D eigenvalue weighted by atomic mass is 16.5. The molecule has 1 heterocycles. The van der Waals surface area contributed by atoms with Gasteiger partial charge in [0.15, 0.2) is 0 Å². The zero-order valence-electron chi connectivity index (χ0n) is 10.7. The van der Waals surface area contributed by atoms with Crippen LogP contribution in [0, 0.1) is 0 Å². The van der Waals surface area contributed by atoms with Crippen molar-refractivity contribution in [2.45, 2.75) is 32.4 Å². The molecule has 1 saturated heterocycles. The molecule has 0 radical (unpaired) electrons. The molecule has 2 rings (SSSR count). The van der Waals surface area contributed by atoms with Crippen molar-refractivity contribution in [2.75, 3.05) is 24.7 Å². The van der Waals surface area contributed by atoms with E-state index in [0.717, 1.165) is 19.6 Å². The molecule has 0 aliphatic carbocycles. The maximum Gasteiger partial charge on any atom is 0.0760 e. The van der Waals surface area contributed by atoms with Gasteiger partial charge in [-0.3, -0.25) is 0 Å². The van der Waals surface area contributed by atoms with Crippen LogP contribution in [0.15, 0.2) is 24.3 Å². The van der Waals surface area contributed by atoms with E-state index in [9.17, 15) is 0 Å². The second-order valence-corrected chi connectivity index (χ2v) is 4.90. The summed E-state index contributed by atoms with van der Waals surface area (Å²) in [6.45, 7) is 6.87. The van der Waals surface area contributed by atoms with E-state index < -0.39 is 0 Å². The number of nitrogens with zero attached hydrogens (tertiary/aromatic N) is 1. The lowest BCUT2D eigenvalue weighted by Crippen LogP contribution is -2.52. The Bertz CT molecular complexity index is 344. The van der Waals surface area contributed by atoms with Gasteiger partial charge in [0.2, 0.25) is 0 Å². The fourth-order valence-corrected chi connectivity index (χ4v) is 2.32. The van der Waals surface area contributed by atoms with Gasteiger partial charge >= 0.3 is 0 Å². The van der Waals surface area contributed by atoms with E-state index in [2.05, 4.69) is 43.0 Å². The predicted molar refractivity (Wildman–Crippen MR) is 71.4 cm³/mol. The number of hydrogen-bond acceptors (Lipinski definition) is 3. The van der Waals surface area contributed by atoms with Crippen molar-refractivity contribution in [1.29, 1.82) is 0 Å². The number of ether oxygens (including phenoxy) is 1. The first-order valence-electron chi connectivity index (χ1n) is 6.37. The van der Waals surface area contributed by atoms with Gasteiger partial charge in [0, 0.05) is 11.7 Å². The van der Waals surface area contributed by atoms with Gasteiger partial charge in [-0.1, -0.05) is 12.1 Å². The molecule has 3 nitrogen and oxygen atoms in total. The monoisotopic (exact) mass is 234 g/mol. The highest BCUT2D eigenvalue weighted by molar-refractivity contribution is 5.50. The number of rotatable bonds is 5. The number of nitrogens with two attached hydrogens (primary N) is 1. The lowest BCUT2D eigenvalue weighted by atomic mass is 10.1. The molecule has 1 aliphatic rings. The molecule has 17 heavy (non-hydrogen) atoms. The van der Waals surface area contributed by atoms with Crippen LogP contribution in [0.5, 0.6) is 0 Å². The van der Waals surface area contributed by atoms with Gasteiger partial charge in [-0.25, -0.2) is 0 Å². The zero-order valence-corrected chi connectivity index (χ0v) is 10.7. The molecule has 0 spiro atoms. The van der Waals surface area contributed by atoms with E-state index in [1.165, 1.54) is 11.3 Å². The molecule has 0 amide bonds. The Balaban J connectivity index is 2.12. The SMILES string of the molecule is CC(C)N(c1ccc(CCN)cc1)C1COC1. The molecule has 0 unspecified atom stereocenters. The van der Waals surface area contributed by atoms with Gasteiger partial charge in [-0.05, 0) is 44.5 Å². The van der Waals surface area contributed by atoms with E-state index in [1.807, 2.05) is 0 Å². The van der Waals surface area contributed by atoms with Crippen molar-refractivity contribution >= 4 is 5.69 Å². The van der Waals surface area contributed by atoms with Gasteiger partial charge in [-0.15, -0.1) is 0 Å². The average Bonchev–Trinajstić information content (AvgIpc) is 2.24. The minimum absolute atomic E-state index is 0.504. The molecule has 0 aromatic heterocycles. The Morgan fingerprint density at radius 1 is 1.29 bits per heavy atom. The number of hydrogen-bond donors (Lipinski definition) is 1. The fraction of sp³-hybridized carbons (Fsp3) is 0.571. The summed E-state index contributed by atoms with van der Waals surface area (Å²) in [5.41, 5.74) is 8.15. The second kappa shape index (κ2) is 5.52. The maximum atomic E-state index is 5.56. The van der Waals surface area contributed by atoms with Gasteiger partial charge < -0.3 is 15.4 Å². The number of anilines is 1. The van der Waals surface area contributed by atoms with Crippen LogP contribution in [-0.2, 0) is 11.2 Å². The summed E-state index contributed by atoms with van der Waals surface area (Å²) in [4.78, 5) is 2.44. The van der Waals surface area contributed by atoms with Gasteiger partial charge in [-0.2, -0.15) is 0 Å². The van der Waals surface area contributed by atoms with E-state index in [0.29, 0.717) is 18.6 Å². The molecule has 1 aromatic carbocycles. The summed E-state index contributed by atoms with van der Waals surface area (Å²) >= 11 is 0. The summed E-state index contributed by atoms with van der Waals surface area (Å²) in [5.74, 6) is 0. The molecular weight excluding hydrogens is 212 g/mol. The summed E-state index contributed by atoms with van der Waals surface area (Å²) in [6, 6.07) is 9.79. The van der Waals surface area contributed by atoms with Crippen molar-refractivity contribution in [1.82, 2.24) is 0 Å². The molecule has 2 N–H and O–H groups in total. The van der Waals surface area contributed by atoms with Crippen molar-refractivity contribution in [3.63, 3.8) is 0 Å². The normalized spacial score (nSPS) is 16.0. The van der Waals surface area contributed by atoms with Crippen LogP contribution < -0.4 is 10.6 Å². The van der Waals surface area contributed by atoms with Crippen LogP contribution in [0.1, 0.15) is 19.4 Å². The maximum absolute atomic E-state index is 5.56. The largest absolute Gasteiger partial charge is 0.377 e. The highest BCUT2D eigenvalue weighted by Crippen LogP contribution is 2.24. The van der Waals surface area contributed by atoms with Crippen molar-refractivity contribution in [3.8, 4) is 0 Å². The van der Waals surface area contributed by atoms with Gasteiger partial charge in [0.1, 0.15) is 0 Å². The molecule has 3 heteroatoms. The minimum atomic E-state index is 0.504. The van der Waals surface area contributed by atoms with Crippen LogP contribution >= 0.6 is 0 Å². The standard InChI is InChI=1S/C14H22N2O/c1-11(2)16(14-9-17-10-14)13-5-3-12(4-6-13)7-8-15/h3-6,11,14H,7-10,15H2,1-2H3. The Hall–Kier alpha value is -1.06. The lowest BCUT2D eigenvalue weighted by molar-refractivity contribution is 0.00578. The fourth-order valence-electron chi connectivity index (χ4n) is 2.32. The average molecular weight is 234 g/mol. The first-order chi connectivity index (χ1) is 8.22. The summed E-state index contributed by atoms with van der Waals surface area (Å²) < 4.78 is 5.29. The smallest absolute Gasteiger partial charge is 0.0760 e. The van der Waals surface area contributed by atoms with E-state index in [-0.39, 0.29) is 0 Å². The Morgan fingerprint density at radius 2 is 1.94 bits per heavy atom. The van der Waals surface area contributed by atoms with E-state index >= 15 is 0 Å². The van der Waals surface area contributed by atoms with E-state index in [1.54, 1.807) is 0 Å². The van der Waals surface area contributed by atoms with Gasteiger partial charge in [0.25, 0.3) is 0 Å². The molecular formula is C14H22N2O. The number of benzene rings is 1. The Morgan fingerprint density at radius 3 is 2.35 bits per heavy atom. The predicted octanol–water partition coefficient (Wildman–Crippen LogP) is 1.80. The van der Waals surface area contributed by atoms with Crippen LogP contribution in [0.3, 0.4) is 0 Å². The van der Waals surface area contributed by atoms with Crippen molar-refractivity contribution in [2.24, 2.45) is 5.73 Å². The quantitative estimate of drug-likeness (QED) is 0.844. The third-order valence-corrected chi connectivity index (χ3v) is 3.24. The third kappa shape index (κ3) is 2.79. The molecule has 1 fully saturated rings. The van der Waals surface area contributed by atoms with Gasteiger partial charge in [0.05, 0.1) is 19.3 Å². The topological polar surface area (TPSA) is 38.5 Å². The summed E-state index contributed by atoms with van der Waals surface area (Å²) in [7, 11) is 0. The molecule has 0 saturated carbocycles. The zero-order chi connectivity index (χ0) is 12.3. The Labute approximate surface area is 104 Å². The van der Waals surface area contributed by atoms with E-state index in [4.69, 9.17) is 10.5 Å². The molecule has 94 valence electrons. The first-order valence-corrected chi connectivity index (χ1v) is 6.37. The second-order valence-electron chi connectivity index (χ2n) is 4.90. The highest BCUT2D eigenvalue weighted by Gasteiger charge is 2.27. The first kappa shape index (κ1) is 12.4. The molecule has 1 aliphatic heterocycles. The van der Waals surface area contributed by atoms with Crippen molar-refractivity contribution < 1.29 is 4.74 Å². The lowest BCUT2D eigenvalue weighted by Gasteiger charge is -2.41. The van der Waals surface area contributed by atoms with Crippen LogP contribution in [0.2, 0.25) is 0 Å². The molecule has 0 bridgehead atoms. The minimum Gasteiger partial charge on any atom is -0.377 e. The van der Waals surface area contributed by atoms with Crippen LogP contribution in [0.4, 0.5) is 5.69 Å². The Kier molecular flexibility index (Phi) is 4.02. The van der Waals surface area contributed by atoms with Crippen molar-refractivity contribution in [3.05, 3.63) is 29.8 Å². The third-order valence-electron chi connectivity index (χ3n) is 3.24. The summed E-state index contributed by atoms with van der Waals surface area (Å²) in [5, 5.41) is 0. The molecule has 0 atom stereocenters. The summed E-state index contributed by atoms with van der Waals surface area (Å²) in [6.07, 6.45) is 0.953. The molecule has 1 aromatic rings. The van der Waals surface area contributed by atoms with Crippen LogP contribution in [0.25, 0.3) is 0 Å². The van der Waals surface area contributed by atoms with Crippen LogP contribution in [-0.4, -0.2) is 31.8 Å².